The number of hydrogen-bond acceptors (Lipinski definition) is 5. The van der Waals surface area contributed by atoms with Crippen LogP contribution < -0.4 is 4.74 Å². The molecule has 0 spiro atoms. The highest BCUT2D eigenvalue weighted by molar-refractivity contribution is 7.91. The van der Waals surface area contributed by atoms with Gasteiger partial charge < -0.3 is 9.14 Å². The van der Waals surface area contributed by atoms with E-state index in [1.54, 1.807) is 47.3 Å². The number of sulfone groups is 1. The van der Waals surface area contributed by atoms with Crippen LogP contribution in [0.25, 0.3) is 5.65 Å². The number of rotatable bonds is 7. The predicted octanol–water partition coefficient (Wildman–Crippen LogP) is 5.30. The van der Waals surface area contributed by atoms with Crippen LogP contribution >= 0.6 is 23.2 Å². The molecular weight excluding hydrogens is 471 g/mol. The van der Waals surface area contributed by atoms with Crippen molar-refractivity contribution < 1.29 is 17.9 Å². The highest BCUT2D eigenvalue weighted by Gasteiger charge is 2.24. The summed E-state index contributed by atoms with van der Waals surface area (Å²) in [5.41, 5.74) is 2.22. The summed E-state index contributed by atoms with van der Waals surface area (Å²) in [6, 6.07) is 12.7. The first-order chi connectivity index (χ1) is 15.3. The number of fused-ring (bicyclic) bond motifs is 1. The van der Waals surface area contributed by atoms with Crippen LogP contribution in [-0.2, 0) is 16.3 Å². The van der Waals surface area contributed by atoms with E-state index in [1.807, 2.05) is 0 Å². The molecule has 4 rings (SSSR count). The van der Waals surface area contributed by atoms with Crippen LogP contribution in [0.2, 0.25) is 10.0 Å². The number of aromatic nitrogens is 2. The Morgan fingerprint density at radius 3 is 2.53 bits per heavy atom. The van der Waals surface area contributed by atoms with Crippen molar-refractivity contribution in [2.45, 2.75) is 22.6 Å². The molecule has 4 aromatic rings. The number of ether oxygens (including phenoxy) is 1. The number of benzene rings is 2. The minimum atomic E-state index is -3.87. The molecule has 2 aromatic carbocycles. The van der Waals surface area contributed by atoms with E-state index in [9.17, 15) is 13.2 Å². The molecule has 6 nitrogen and oxygen atoms in total. The van der Waals surface area contributed by atoms with Gasteiger partial charge in [-0.15, -0.1) is 0 Å². The molecule has 0 N–H and O–H groups in total. The Bertz CT molecular complexity index is 1410. The van der Waals surface area contributed by atoms with Crippen LogP contribution in [0.3, 0.4) is 0 Å². The molecule has 0 aliphatic carbocycles. The van der Waals surface area contributed by atoms with Crippen molar-refractivity contribution in [3.8, 4) is 5.75 Å². The number of hydrogen-bond donors (Lipinski definition) is 0. The molecule has 164 valence electrons. The summed E-state index contributed by atoms with van der Waals surface area (Å²) in [7, 11) is -2.50. The van der Waals surface area contributed by atoms with E-state index in [2.05, 4.69) is 4.98 Å². The smallest absolute Gasteiger partial charge is 0.208 e. The molecule has 0 saturated carbocycles. The van der Waals surface area contributed by atoms with Crippen LogP contribution in [0.4, 0.5) is 0 Å². The first kappa shape index (κ1) is 22.3. The lowest BCUT2D eigenvalue weighted by atomic mass is 10.0. The zero-order valence-electron chi connectivity index (χ0n) is 17.0. The van der Waals surface area contributed by atoms with Gasteiger partial charge >= 0.3 is 0 Å². The van der Waals surface area contributed by atoms with Gasteiger partial charge in [-0.05, 0) is 48.4 Å². The van der Waals surface area contributed by atoms with Gasteiger partial charge in [0.2, 0.25) is 9.84 Å². The third kappa shape index (κ3) is 4.24. The lowest BCUT2D eigenvalue weighted by molar-refractivity contribution is 0.0982. The van der Waals surface area contributed by atoms with Gasteiger partial charge in [0.1, 0.15) is 10.7 Å². The van der Waals surface area contributed by atoms with Gasteiger partial charge in [0.05, 0.1) is 21.9 Å². The van der Waals surface area contributed by atoms with Gasteiger partial charge in [0, 0.05) is 30.6 Å². The predicted molar refractivity (Wildman–Crippen MR) is 123 cm³/mol. The molecule has 9 heteroatoms. The normalized spacial score (nSPS) is 11.6. The summed E-state index contributed by atoms with van der Waals surface area (Å²) in [6.07, 6.45) is 5.99. The second kappa shape index (κ2) is 8.94. The number of Topliss-reactive ketones (excluding diaryl/α,β-unsaturated/α-hetero) is 1. The van der Waals surface area contributed by atoms with Gasteiger partial charge in [-0.25, -0.2) is 13.4 Å². The summed E-state index contributed by atoms with van der Waals surface area (Å²) in [5, 5.41) is 0.160. The zero-order valence-corrected chi connectivity index (χ0v) is 19.3. The van der Waals surface area contributed by atoms with E-state index in [0.29, 0.717) is 18.4 Å². The van der Waals surface area contributed by atoms with E-state index < -0.39 is 9.84 Å². The Morgan fingerprint density at radius 2 is 1.81 bits per heavy atom. The highest BCUT2D eigenvalue weighted by atomic mass is 35.5. The van der Waals surface area contributed by atoms with Gasteiger partial charge in [-0.1, -0.05) is 35.3 Å². The molecule has 2 heterocycles. The average Bonchev–Trinajstić information content (AvgIpc) is 3.26. The fraction of sp³-hybridized carbons (Fsp3) is 0.130. The Labute approximate surface area is 195 Å². The minimum Gasteiger partial charge on any atom is -0.494 e. The van der Waals surface area contributed by atoms with E-state index in [1.165, 1.54) is 31.4 Å². The van der Waals surface area contributed by atoms with Crippen molar-refractivity contribution in [3.63, 3.8) is 0 Å². The molecule has 0 aliphatic heterocycles. The quantitative estimate of drug-likeness (QED) is 0.330. The van der Waals surface area contributed by atoms with E-state index in [4.69, 9.17) is 27.9 Å². The first-order valence-corrected chi connectivity index (χ1v) is 11.9. The van der Waals surface area contributed by atoms with E-state index >= 15 is 0 Å². The first-order valence-electron chi connectivity index (χ1n) is 9.63. The Hall–Kier alpha value is -2.87. The number of imidazole rings is 1. The number of methoxy groups -OCH3 is 1. The fourth-order valence-electron chi connectivity index (χ4n) is 3.36. The standard InChI is InChI=1S/C23H18Cl2N2O4S/c1-31-23-18(24)8-10-20(22(23)25)32(29,30)17-6-2-15(3-7-17)4-9-19(28)16-5-11-21-26-12-13-27(21)14-16/h2-3,5-8,10-14H,4,9H2,1H3. The molecule has 0 bridgehead atoms. The van der Waals surface area contributed by atoms with Crippen LogP contribution in [0, 0.1) is 0 Å². The molecule has 0 unspecified atom stereocenters. The Morgan fingerprint density at radius 1 is 1.06 bits per heavy atom. The third-order valence-electron chi connectivity index (χ3n) is 5.09. The maximum Gasteiger partial charge on any atom is 0.208 e. The topological polar surface area (TPSA) is 77.7 Å². The monoisotopic (exact) mass is 488 g/mol. The summed E-state index contributed by atoms with van der Waals surface area (Å²) >= 11 is 12.2. The summed E-state index contributed by atoms with van der Waals surface area (Å²) in [4.78, 5) is 16.7. The Balaban J connectivity index is 1.49. The van der Waals surface area contributed by atoms with Gasteiger partial charge in [-0.2, -0.15) is 0 Å². The van der Waals surface area contributed by atoms with Crippen LogP contribution in [0.1, 0.15) is 22.3 Å². The Kier molecular flexibility index (Phi) is 6.24. The number of carbonyl (C=O) groups excluding carboxylic acids is 1. The molecule has 0 radical (unpaired) electrons. The number of nitrogens with zero attached hydrogens (tertiary/aromatic N) is 2. The molecule has 0 aliphatic rings. The van der Waals surface area contributed by atoms with Crippen LogP contribution in [-0.4, -0.2) is 30.7 Å². The van der Waals surface area contributed by atoms with Crippen molar-refractivity contribution in [1.29, 1.82) is 0 Å². The second-order valence-corrected chi connectivity index (χ2v) is 9.78. The summed E-state index contributed by atoms with van der Waals surface area (Å²) in [5.74, 6) is 0.107. The van der Waals surface area contributed by atoms with Crippen molar-refractivity contribution in [3.05, 3.63) is 88.3 Å². The highest BCUT2D eigenvalue weighted by Crippen LogP contribution is 2.39. The third-order valence-corrected chi connectivity index (χ3v) is 7.69. The minimum absolute atomic E-state index is 0.00246. The maximum absolute atomic E-state index is 13.0. The van der Waals surface area contributed by atoms with Crippen LogP contribution in [0.5, 0.6) is 5.75 Å². The fourth-order valence-corrected chi connectivity index (χ4v) is 5.51. The zero-order chi connectivity index (χ0) is 22.9. The molecule has 0 fully saturated rings. The van der Waals surface area contributed by atoms with Crippen molar-refractivity contribution in [2.75, 3.05) is 7.11 Å². The van der Waals surface area contributed by atoms with Gasteiger partial charge in [-0.3, -0.25) is 4.79 Å². The number of halogens is 2. The van der Waals surface area contributed by atoms with E-state index in [-0.39, 0.29) is 31.4 Å². The SMILES string of the molecule is COc1c(Cl)ccc(S(=O)(=O)c2ccc(CCC(=O)c3ccc4nccn4c3)cc2)c1Cl. The van der Waals surface area contributed by atoms with E-state index in [0.717, 1.165) is 11.2 Å². The van der Waals surface area contributed by atoms with Gasteiger partial charge in [0.15, 0.2) is 11.5 Å². The van der Waals surface area contributed by atoms with Crippen LogP contribution in [0.15, 0.2) is 76.9 Å². The lowest BCUT2D eigenvalue weighted by Crippen LogP contribution is -2.05. The molecule has 32 heavy (non-hydrogen) atoms. The molecule has 0 saturated heterocycles. The lowest BCUT2D eigenvalue weighted by Gasteiger charge is -2.11. The van der Waals surface area contributed by atoms with Gasteiger partial charge in [0.25, 0.3) is 0 Å². The maximum atomic E-state index is 13.0. The summed E-state index contributed by atoms with van der Waals surface area (Å²) in [6.45, 7) is 0. The number of pyridine rings is 1. The molecule has 0 amide bonds. The van der Waals surface area contributed by atoms with Crippen molar-refractivity contribution in [2.24, 2.45) is 0 Å². The molecule has 0 atom stereocenters. The largest absolute Gasteiger partial charge is 0.494 e. The van der Waals surface area contributed by atoms with Crippen molar-refractivity contribution >= 4 is 44.5 Å². The summed E-state index contributed by atoms with van der Waals surface area (Å²) < 4.78 is 33.0. The number of ketones is 1. The number of aryl methyl sites for hydroxylation is 1. The second-order valence-electron chi connectivity index (χ2n) is 7.07. The molecule has 2 aromatic heterocycles. The number of carbonyl (C=O) groups is 1. The molecular formula is C23H18Cl2N2O4S. The van der Waals surface area contributed by atoms with Crippen molar-refractivity contribution in [1.82, 2.24) is 9.38 Å². The average molecular weight is 489 g/mol.